The molecule has 3 nitrogen and oxygen atoms in total. The van der Waals surface area contributed by atoms with Crippen molar-refractivity contribution in [2.24, 2.45) is 0 Å². The van der Waals surface area contributed by atoms with Gasteiger partial charge in [0.25, 0.3) is 6.43 Å². The van der Waals surface area contributed by atoms with Gasteiger partial charge in [-0.05, 0) is 29.5 Å². The van der Waals surface area contributed by atoms with Crippen LogP contribution in [0.5, 0.6) is 0 Å². The first-order chi connectivity index (χ1) is 8.02. The molecule has 7 heteroatoms. The van der Waals surface area contributed by atoms with E-state index in [0.717, 1.165) is 6.20 Å². The molecule has 1 aromatic heterocycles. The molecule has 1 aromatic rings. The van der Waals surface area contributed by atoms with Crippen LogP contribution < -0.4 is 0 Å². The Morgan fingerprint density at radius 2 is 2.29 bits per heavy atom. The minimum atomic E-state index is -2.75. The predicted molar refractivity (Wildman–Crippen MR) is 70.5 cm³/mol. The van der Waals surface area contributed by atoms with Crippen LogP contribution in [0.2, 0.25) is 0 Å². The van der Waals surface area contributed by atoms with Crippen LogP contribution in [0.1, 0.15) is 35.0 Å². The van der Waals surface area contributed by atoms with Crippen molar-refractivity contribution in [3.63, 3.8) is 0 Å². The summed E-state index contributed by atoms with van der Waals surface area (Å²) in [7, 11) is 0. The normalized spacial score (nSPS) is 10.7. The monoisotopic (exact) mass is 419 g/mol. The number of hydrogen-bond donors (Lipinski definition) is 0. The summed E-state index contributed by atoms with van der Waals surface area (Å²) in [4.78, 5) is 15.5. The molecule has 0 atom stereocenters. The van der Waals surface area contributed by atoms with Gasteiger partial charge in [0.15, 0.2) is 0 Å². The van der Waals surface area contributed by atoms with Crippen LogP contribution in [0.4, 0.5) is 8.78 Å². The van der Waals surface area contributed by atoms with Gasteiger partial charge in [-0.25, -0.2) is 13.6 Å². The van der Waals surface area contributed by atoms with Crippen LogP contribution in [0.25, 0.3) is 0 Å². The van der Waals surface area contributed by atoms with Crippen molar-refractivity contribution in [1.29, 1.82) is 0 Å². The van der Waals surface area contributed by atoms with E-state index >= 15 is 0 Å². The molecule has 1 rings (SSSR count). The minimum absolute atomic E-state index is 0.0908. The Balaban J connectivity index is 3.34. The summed E-state index contributed by atoms with van der Waals surface area (Å²) in [6, 6.07) is 0. The van der Waals surface area contributed by atoms with Gasteiger partial charge in [0.2, 0.25) is 0 Å². The third-order valence-corrected chi connectivity index (χ3v) is 3.66. The standard InChI is InChI=1S/C10H9BrF2INO2/c1-2-17-10(16)7-5(9(12)13)4-15-6(3-11)8(7)14/h4,9H,2-3H2,1H3. The van der Waals surface area contributed by atoms with Crippen LogP contribution >= 0.6 is 38.5 Å². The fourth-order valence-electron chi connectivity index (χ4n) is 1.21. The van der Waals surface area contributed by atoms with E-state index in [4.69, 9.17) is 4.74 Å². The van der Waals surface area contributed by atoms with Crippen LogP contribution in [0, 0.1) is 3.57 Å². The number of nitrogens with zero attached hydrogens (tertiary/aromatic N) is 1. The Morgan fingerprint density at radius 3 is 2.76 bits per heavy atom. The molecule has 0 aromatic carbocycles. The molecule has 0 unspecified atom stereocenters. The number of alkyl halides is 3. The zero-order chi connectivity index (χ0) is 13.0. The molecule has 0 N–H and O–H groups in total. The zero-order valence-electron chi connectivity index (χ0n) is 8.84. The number of hydrogen-bond acceptors (Lipinski definition) is 3. The Kier molecular flexibility index (Phi) is 5.71. The van der Waals surface area contributed by atoms with Crippen molar-refractivity contribution in [2.45, 2.75) is 18.7 Å². The summed E-state index contributed by atoms with van der Waals surface area (Å²) in [5.41, 5.74) is 0.0579. The van der Waals surface area contributed by atoms with Crippen molar-refractivity contribution >= 4 is 44.5 Å². The molecule has 0 bridgehead atoms. The second-order valence-corrected chi connectivity index (χ2v) is 4.64. The quantitative estimate of drug-likeness (QED) is 0.424. The van der Waals surface area contributed by atoms with Crippen LogP contribution in [-0.4, -0.2) is 17.6 Å². The van der Waals surface area contributed by atoms with Crippen molar-refractivity contribution in [3.05, 3.63) is 26.6 Å². The maximum Gasteiger partial charge on any atom is 0.339 e. The van der Waals surface area contributed by atoms with Crippen molar-refractivity contribution < 1.29 is 18.3 Å². The Morgan fingerprint density at radius 1 is 1.65 bits per heavy atom. The predicted octanol–water partition coefficient (Wildman–Crippen LogP) is 3.70. The lowest BCUT2D eigenvalue weighted by atomic mass is 10.1. The van der Waals surface area contributed by atoms with E-state index in [0.29, 0.717) is 14.6 Å². The Hall–Kier alpha value is -0.310. The maximum atomic E-state index is 12.8. The fourth-order valence-corrected chi connectivity index (χ4v) is 3.02. The van der Waals surface area contributed by atoms with E-state index in [9.17, 15) is 13.6 Å². The van der Waals surface area contributed by atoms with Gasteiger partial charge in [0.05, 0.1) is 27.0 Å². The van der Waals surface area contributed by atoms with Crippen molar-refractivity contribution in [3.8, 4) is 0 Å². The molecular formula is C10H9BrF2INO2. The van der Waals surface area contributed by atoms with E-state index in [1.807, 2.05) is 22.6 Å². The summed E-state index contributed by atoms with van der Waals surface area (Å²) in [5.74, 6) is -0.739. The van der Waals surface area contributed by atoms with Gasteiger partial charge < -0.3 is 4.74 Å². The molecule has 0 spiro atoms. The topological polar surface area (TPSA) is 39.2 Å². The van der Waals surface area contributed by atoms with Gasteiger partial charge in [-0.3, -0.25) is 4.98 Å². The Labute approximate surface area is 119 Å². The van der Waals surface area contributed by atoms with Crippen molar-refractivity contribution in [2.75, 3.05) is 6.61 Å². The minimum Gasteiger partial charge on any atom is -0.462 e. The molecule has 0 aliphatic heterocycles. The SMILES string of the molecule is CCOC(=O)c1c(C(F)F)cnc(CBr)c1I. The summed E-state index contributed by atoms with van der Waals surface area (Å²) in [6.07, 6.45) is -1.73. The number of halogens is 4. The number of carbonyl (C=O) groups excluding carboxylic acids is 1. The van der Waals surface area contributed by atoms with E-state index < -0.39 is 18.0 Å². The average molecular weight is 420 g/mol. The van der Waals surface area contributed by atoms with E-state index in [1.165, 1.54) is 0 Å². The number of esters is 1. The molecular weight excluding hydrogens is 411 g/mol. The number of pyridine rings is 1. The first-order valence-corrected chi connectivity index (χ1v) is 6.91. The van der Waals surface area contributed by atoms with Crippen LogP contribution in [0.3, 0.4) is 0 Å². The summed E-state index contributed by atoms with van der Waals surface area (Å²) >= 11 is 5.01. The van der Waals surface area contributed by atoms with Crippen LogP contribution in [0.15, 0.2) is 6.20 Å². The Bertz CT molecular complexity index is 429. The van der Waals surface area contributed by atoms with Gasteiger partial charge in [-0.1, -0.05) is 15.9 Å². The molecule has 0 aliphatic rings. The van der Waals surface area contributed by atoms with Gasteiger partial charge in [-0.15, -0.1) is 0 Å². The molecule has 1 heterocycles. The first-order valence-electron chi connectivity index (χ1n) is 4.71. The molecule has 0 amide bonds. The summed E-state index contributed by atoms with van der Waals surface area (Å²) < 4.78 is 30.7. The highest BCUT2D eigenvalue weighted by molar-refractivity contribution is 14.1. The first kappa shape index (κ1) is 14.7. The van der Waals surface area contributed by atoms with E-state index in [-0.39, 0.29) is 12.2 Å². The molecule has 94 valence electrons. The van der Waals surface area contributed by atoms with Gasteiger partial charge in [-0.2, -0.15) is 0 Å². The van der Waals surface area contributed by atoms with Crippen molar-refractivity contribution in [1.82, 2.24) is 4.98 Å². The number of rotatable bonds is 4. The highest BCUT2D eigenvalue weighted by Crippen LogP contribution is 2.28. The van der Waals surface area contributed by atoms with E-state index in [1.54, 1.807) is 6.92 Å². The second kappa shape index (κ2) is 6.58. The third-order valence-electron chi connectivity index (χ3n) is 1.96. The lowest BCUT2D eigenvalue weighted by molar-refractivity contribution is 0.0513. The lowest BCUT2D eigenvalue weighted by Crippen LogP contribution is -2.13. The lowest BCUT2D eigenvalue weighted by Gasteiger charge is -2.11. The molecule has 0 saturated heterocycles. The highest BCUT2D eigenvalue weighted by Gasteiger charge is 2.24. The zero-order valence-corrected chi connectivity index (χ0v) is 12.6. The molecule has 0 saturated carbocycles. The number of aromatic nitrogens is 1. The molecule has 17 heavy (non-hydrogen) atoms. The third kappa shape index (κ3) is 3.34. The van der Waals surface area contributed by atoms with Gasteiger partial charge in [0, 0.05) is 11.5 Å². The number of ether oxygens (including phenoxy) is 1. The van der Waals surface area contributed by atoms with Crippen LogP contribution in [-0.2, 0) is 10.1 Å². The second-order valence-electron chi connectivity index (χ2n) is 3.00. The van der Waals surface area contributed by atoms with Gasteiger partial charge >= 0.3 is 5.97 Å². The maximum absolute atomic E-state index is 12.8. The highest BCUT2D eigenvalue weighted by atomic mass is 127. The molecule has 0 aliphatic carbocycles. The fraction of sp³-hybridized carbons (Fsp3) is 0.400. The van der Waals surface area contributed by atoms with E-state index in [2.05, 4.69) is 20.9 Å². The smallest absolute Gasteiger partial charge is 0.339 e. The number of carbonyl (C=O) groups is 1. The largest absolute Gasteiger partial charge is 0.462 e. The summed E-state index contributed by atoms with van der Waals surface area (Å²) in [5, 5.41) is 0.390. The molecule has 0 radical (unpaired) electrons. The average Bonchev–Trinajstić information content (AvgIpc) is 2.28. The summed E-state index contributed by atoms with van der Waals surface area (Å²) in [6.45, 7) is 1.77. The molecule has 0 fully saturated rings. The van der Waals surface area contributed by atoms with Gasteiger partial charge in [0.1, 0.15) is 0 Å².